The number of rotatable bonds is 4. The molecule has 1 N–H and O–H groups in total. The summed E-state index contributed by atoms with van der Waals surface area (Å²) in [5.74, 6) is 1.80. The predicted molar refractivity (Wildman–Crippen MR) is 91.8 cm³/mol. The third-order valence-corrected chi connectivity index (χ3v) is 4.90. The second-order valence-corrected chi connectivity index (χ2v) is 6.46. The summed E-state index contributed by atoms with van der Waals surface area (Å²) in [6, 6.07) is 4.84. The van der Waals surface area contributed by atoms with Crippen LogP contribution >= 0.6 is 12.4 Å². The molecule has 22 heavy (non-hydrogen) atoms. The molecule has 0 aromatic carbocycles. The van der Waals surface area contributed by atoms with E-state index >= 15 is 0 Å². The van der Waals surface area contributed by atoms with Gasteiger partial charge in [-0.15, -0.1) is 12.4 Å². The fraction of sp³-hybridized carbons (Fsp3) is 0.706. The predicted octanol–water partition coefficient (Wildman–Crippen LogP) is 2.78. The van der Waals surface area contributed by atoms with E-state index in [1.165, 1.54) is 45.3 Å². The molecular formula is C17H28ClN3O. The number of hydrogen-bond acceptors (Lipinski definition) is 4. The van der Waals surface area contributed by atoms with Crippen LogP contribution in [0.4, 0.5) is 0 Å². The standard InChI is InChI=1S/C17H27N3O.ClH/c1-13-10-16(21-2)11-15(19-13)12-20-8-5-14(6-9-20)17-4-3-7-18-17;/h10-11,14,17-18H,3-9,12H2,1-2H3;1H. The summed E-state index contributed by atoms with van der Waals surface area (Å²) in [5.41, 5.74) is 2.17. The third-order valence-electron chi connectivity index (χ3n) is 4.90. The van der Waals surface area contributed by atoms with Crippen LogP contribution in [-0.4, -0.2) is 42.7 Å². The summed E-state index contributed by atoms with van der Waals surface area (Å²) in [5, 5.41) is 3.67. The molecule has 3 rings (SSSR count). The van der Waals surface area contributed by atoms with Gasteiger partial charge in [-0.05, 0) is 58.2 Å². The number of aryl methyl sites for hydroxylation is 1. The molecule has 0 radical (unpaired) electrons. The third kappa shape index (κ3) is 4.34. The molecule has 124 valence electrons. The molecule has 0 bridgehead atoms. The average Bonchev–Trinajstić information content (AvgIpc) is 3.01. The van der Waals surface area contributed by atoms with Crippen LogP contribution in [0, 0.1) is 12.8 Å². The number of hydrogen-bond donors (Lipinski definition) is 1. The second kappa shape index (κ2) is 8.14. The number of aromatic nitrogens is 1. The Morgan fingerprint density at radius 3 is 2.68 bits per heavy atom. The summed E-state index contributed by atoms with van der Waals surface area (Å²) in [6.07, 6.45) is 5.38. The number of nitrogens with one attached hydrogen (secondary N) is 1. The molecule has 1 aromatic heterocycles. The van der Waals surface area contributed by atoms with Crippen LogP contribution in [0.15, 0.2) is 12.1 Å². The molecule has 1 atom stereocenters. The van der Waals surface area contributed by atoms with Crippen molar-refractivity contribution in [2.24, 2.45) is 5.92 Å². The minimum absolute atomic E-state index is 0. The second-order valence-electron chi connectivity index (χ2n) is 6.46. The molecule has 1 unspecified atom stereocenters. The summed E-state index contributed by atoms with van der Waals surface area (Å²) < 4.78 is 5.34. The van der Waals surface area contributed by atoms with Crippen LogP contribution in [-0.2, 0) is 6.54 Å². The number of halogens is 1. The van der Waals surface area contributed by atoms with Crippen molar-refractivity contribution < 1.29 is 4.74 Å². The highest BCUT2D eigenvalue weighted by atomic mass is 35.5. The van der Waals surface area contributed by atoms with Gasteiger partial charge in [0.15, 0.2) is 0 Å². The number of pyridine rings is 1. The fourth-order valence-electron chi connectivity index (χ4n) is 3.76. The van der Waals surface area contributed by atoms with Crippen LogP contribution in [0.5, 0.6) is 5.75 Å². The Labute approximate surface area is 140 Å². The average molecular weight is 326 g/mol. The molecule has 0 spiro atoms. The normalized spacial score (nSPS) is 23.3. The molecule has 2 saturated heterocycles. The van der Waals surface area contributed by atoms with Gasteiger partial charge in [0.2, 0.25) is 0 Å². The fourth-order valence-corrected chi connectivity index (χ4v) is 3.76. The van der Waals surface area contributed by atoms with Gasteiger partial charge in [-0.1, -0.05) is 0 Å². The lowest BCUT2D eigenvalue weighted by atomic mass is 9.88. The first-order valence-electron chi connectivity index (χ1n) is 8.22. The van der Waals surface area contributed by atoms with Gasteiger partial charge in [0.05, 0.1) is 12.8 Å². The monoisotopic (exact) mass is 325 g/mol. The molecule has 3 heterocycles. The van der Waals surface area contributed by atoms with Crippen LogP contribution in [0.1, 0.15) is 37.1 Å². The molecular weight excluding hydrogens is 298 g/mol. The lowest BCUT2D eigenvalue weighted by molar-refractivity contribution is 0.156. The lowest BCUT2D eigenvalue weighted by Crippen LogP contribution is -2.40. The van der Waals surface area contributed by atoms with Gasteiger partial charge in [0.1, 0.15) is 5.75 Å². The molecule has 1 aromatic rings. The van der Waals surface area contributed by atoms with E-state index in [1.807, 2.05) is 13.0 Å². The Morgan fingerprint density at radius 2 is 2.05 bits per heavy atom. The number of ether oxygens (including phenoxy) is 1. The summed E-state index contributed by atoms with van der Waals surface area (Å²) >= 11 is 0. The van der Waals surface area contributed by atoms with Crippen molar-refractivity contribution in [2.75, 3.05) is 26.7 Å². The van der Waals surface area contributed by atoms with Crippen molar-refractivity contribution in [2.45, 2.75) is 45.2 Å². The van der Waals surface area contributed by atoms with Gasteiger partial charge < -0.3 is 10.1 Å². The Balaban J connectivity index is 0.00000176. The Bertz CT molecular complexity index is 469. The topological polar surface area (TPSA) is 37.4 Å². The molecule has 2 fully saturated rings. The van der Waals surface area contributed by atoms with E-state index in [4.69, 9.17) is 4.74 Å². The first-order valence-corrected chi connectivity index (χ1v) is 8.22. The van der Waals surface area contributed by atoms with Crippen molar-refractivity contribution in [1.82, 2.24) is 15.2 Å². The molecule has 0 aliphatic carbocycles. The molecule has 4 nitrogen and oxygen atoms in total. The van der Waals surface area contributed by atoms with E-state index in [1.54, 1.807) is 7.11 Å². The largest absolute Gasteiger partial charge is 0.497 e. The molecule has 0 saturated carbocycles. The first kappa shape index (κ1) is 17.5. The Hall–Kier alpha value is -0.840. The highest BCUT2D eigenvalue weighted by molar-refractivity contribution is 5.85. The number of piperidine rings is 1. The van der Waals surface area contributed by atoms with E-state index in [0.717, 1.165) is 35.6 Å². The highest BCUT2D eigenvalue weighted by Crippen LogP contribution is 2.26. The van der Waals surface area contributed by atoms with E-state index in [-0.39, 0.29) is 12.4 Å². The SMILES string of the molecule is COc1cc(C)nc(CN2CCC(C3CCCN3)CC2)c1.Cl. The minimum Gasteiger partial charge on any atom is -0.497 e. The smallest absolute Gasteiger partial charge is 0.122 e. The van der Waals surface area contributed by atoms with Crippen molar-refractivity contribution in [3.8, 4) is 5.75 Å². The molecule has 2 aliphatic heterocycles. The van der Waals surface area contributed by atoms with Crippen molar-refractivity contribution in [3.63, 3.8) is 0 Å². The van der Waals surface area contributed by atoms with Gasteiger partial charge in [-0.2, -0.15) is 0 Å². The molecule has 0 amide bonds. The van der Waals surface area contributed by atoms with Crippen molar-refractivity contribution in [1.29, 1.82) is 0 Å². The number of nitrogens with zero attached hydrogens (tertiary/aromatic N) is 2. The zero-order chi connectivity index (χ0) is 14.7. The molecule has 2 aliphatic rings. The maximum Gasteiger partial charge on any atom is 0.122 e. The zero-order valence-corrected chi connectivity index (χ0v) is 14.5. The van der Waals surface area contributed by atoms with Gasteiger partial charge >= 0.3 is 0 Å². The highest BCUT2D eigenvalue weighted by Gasteiger charge is 2.28. The number of likely N-dealkylation sites (tertiary alicyclic amines) is 1. The first-order chi connectivity index (χ1) is 10.2. The van der Waals surface area contributed by atoms with Crippen LogP contribution < -0.4 is 10.1 Å². The van der Waals surface area contributed by atoms with Gasteiger partial charge in [0, 0.05) is 30.4 Å². The van der Waals surface area contributed by atoms with Gasteiger partial charge in [0.25, 0.3) is 0 Å². The molecule has 5 heteroatoms. The minimum atomic E-state index is 0. The zero-order valence-electron chi connectivity index (χ0n) is 13.7. The number of methoxy groups -OCH3 is 1. The van der Waals surface area contributed by atoms with Crippen LogP contribution in [0.2, 0.25) is 0 Å². The van der Waals surface area contributed by atoms with E-state index in [9.17, 15) is 0 Å². The van der Waals surface area contributed by atoms with E-state index in [0.29, 0.717) is 0 Å². The van der Waals surface area contributed by atoms with E-state index < -0.39 is 0 Å². The lowest BCUT2D eigenvalue weighted by Gasteiger charge is -2.34. The quantitative estimate of drug-likeness (QED) is 0.923. The van der Waals surface area contributed by atoms with Gasteiger partial charge in [-0.3, -0.25) is 9.88 Å². The van der Waals surface area contributed by atoms with Crippen molar-refractivity contribution >= 4 is 12.4 Å². The maximum atomic E-state index is 5.34. The van der Waals surface area contributed by atoms with Crippen LogP contribution in [0.3, 0.4) is 0 Å². The van der Waals surface area contributed by atoms with Gasteiger partial charge in [-0.25, -0.2) is 0 Å². The maximum absolute atomic E-state index is 5.34. The summed E-state index contributed by atoms with van der Waals surface area (Å²) in [6.45, 7) is 6.59. The summed E-state index contributed by atoms with van der Waals surface area (Å²) in [4.78, 5) is 7.17. The summed E-state index contributed by atoms with van der Waals surface area (Å²) in [7, 11) is 1.72. The van der Waals surface area contributed by atoms with Crippen LogP contribution in [0.25, 0.3) is 0 Å². The Kier molecular flexibility index (Phi) is 6.48. The van der Waals surface area contributed by atoms with E-state index in [2.05, 4.69) is 21.3 Å². The Morgan fingerprint density at radius 1 is 1.27 bits per heavy atom. The van der Waals surface area contributed by atoms with Crippen molar-refractivity contribution in [3.05, 3.63) is 23.5 Å².